The van der Waals surface area contributed by atoms with E-state index in [9.17, 15) is 18.0 Å². The molecule has 1 unspecified atom stereocenters. The van der Waals surface area contributed by atoms with Gasteiger partial charge in [-0.15, -0.1) is 5.10 Å². The van der Waals surface area contributed by atoms with E-state index in [2.05, 4.69) is 10.1 Å². The number of alkyl halides is 3. The molecular weight excluding hydrogens is 497 g/mol. The Kier molecular flexibility index (Phi) is 4.68. The molecule has 1 aliphatic heterocycles. The van der Waals surface area contributed by atoms with Crippen molar-refractivity contribution in [2.24, 2.45) is 0 Å². The molecule has 1 aliphatic rings. The summed E-state index contributed by atoms with van der Waals surface area (Å²) in [5.41, 5.74) is 0.942. The number of hydrogen-bond donors (Lipinski definition) is 0. The molecule has 10 heteroatoms. The van der Waals surface area contributed by atoms with Gasteiger partial charge in [0, 0.05) is 5.56 Å². The second-order valence-corrected chi connectivity index (χ2v) is 8.82. The second kappa shape index (κ2) is 8.01. The van der Waals surface area contributed by atoms with Crippen molar-refractivity contribution in [3.63, 3.8) is 0 Å². The van der Waals surface area contributed by atoms with Gasteiger partial charge in [0.15, 0.2) is 17.2 Å². The largest absolute Gasteiger partial charge is 0.437 e. The van der Waals surface area contributed by atoms with E-state index in [0.717, 1.165) is 17.7 Å². The van der Waals surface area contributed by atoms with E-state index in [-0.39, 0.29) is 17.2 Å². The molecule has 38 heavy (non-hydrogen) atoms. The van der Waals surface area contributed by atoms with E-state index in [1.807, 2.05) is 30.3 Å². The monoisotopic (exact) mass is 512 g/mol. The minimum Gasteiger partial charge on any atom is -0.437 e. The van der Waals surface area contributed by atoms with Crippen LogP contribution in [-0.2, 0) is 6.18 Å². The summed E-state index contributed by atoms with van der Waals surface area (Å²) < 4.78 is 53.3. The maximum Gasteiger partial charge on any atom is 0.416 e. The first-order chi connectivity index (χ1) is 18.4. The topological polar surface area (TPSA) is 82.5 Å². The van der Waals surface area contributed by atoms with Crippen LogP contribution in [-0.4, -0.2) is 19.6 Å². The number of halogens is 3. The highest BCUT2D eigenvalue weighted by atomic mass is 19.4. The van der Waals surface area contributed by atoms with Crippen LogP contribution in [0.4, 0.5) is 13.2 Å². The Balaban J connectivity index is 1.52. The lowest BCUT2D eigenvalue weighted by atomic mass is 9.84. The number of nitrogens with zero attached hydrogens (tertiary/aromatic N) is 4. The quantitative estimate of drug-likeness (QED) is 0.257. The predicted molar refractivity (Wildman–Crippen MR) is 131 cm³/mol. The Labute approximate surface area is 211 Å². The lowest BCUT2D eigenvalue weighted by molar-refractivity contribution is -0.137. The molecule has 0 aliphatic carbocycles. The fraction of sp³-hybridized carbons (Fsp3) is 0.0714. The molecule has 0 radical (unpaired) electrons. The predicted octanol–water partition coefficient (Wildman–Crippen LogP) is 6.20. The average molecular weight is 512 g/mol. The van der Waals surface area contributed by atoms with Crippen molar-refractivity contribution in [3.05, 3.63) is 118 Å². The summed E-state index contributed by atoms with van der Waals surface area (Å²) in [5.74, 6) is -0.0317. The Morgan fingerprint density at radius 3 is 2.37 bits per heavy atom. The first kappa shape index (κ1) is 22.2. The van der Waals surface area contributed by atoms with E-state index in [1.54, 1.807) is 24.3 Å². The molecule has 0 amide bonds. The fourth-order valence-electron chi connectivity index (χ4n) is 4.84. The smallest absolute Gasteiger partial charge is 0.416 e. The molecule has 3 aromatic carbocycles. The van der Waals surface area contributed by atoms with Crippen LogP contribution in [0, 0.1) is 0 Å². The van der Waals surface area contributed by atoms with Crippen LogP contribution >= 0.6 is 0 Å². The number of ether oxygens (including phenoxy) is 1. The van der Waals surface area contributed by atoms with Crippen LogP contribution in [0.2, 0.25) is 0 Å². The highest BCUT2D eigenvalue weighted by Crippen LogP contribution is 2.49. The third-order valence-corrected chi connectivity index (χ3v) is 6.57. The van der Waals surface area contributed by atoms with Crippen LogP contribution in [0.25, 0.3) is 28.0 Å². The maximum atomic E-state index is 13.4. The molecule has 7 nitrogen and oxygen atoms in total. The highest BCUT2D eigenvalue weighted by Gasteiger charge is 2.38. The van der Waals surface area contributed by atoms with Gasteiger partial charge in [0.1, 0.15) is 11.9 Å². The first-order valence-electron chi connectivity index (χ1n) is 11.6. The minimum absolute atomic E-state index is 0.148. The summed E-state index contributed by atoms with van der Waals surface area (Å²) in [4.78, 5) is 22.5. The van der Waals surface area contributed by atoms with Crippen LogP contribution < -0.4 is 10.4 Å². The zero-order chi connectivity index (χ0) is 26.0. The van der Waals surface area contributed by atoms with E-state index in [0.29, 0.717) is 33.6 Å². The molecule has 0 bridgehead atoms. The third kappa shape index (κ3) is 3.37. The molecular formula is C28H15F3N4O3. The lowest BCUT2D eigenvalue weighted by Crippen LogP contribution is -2.22. The molecule has 3 aromatic heterocycles. The Morgan fingerprint density at radius 2 is 1.61 bits per heavy atom. The standard InChI is InChI=1S/C28H15F3N4O3/c29-28(30,31)17-12-10-15(11-13-17)20-21-23(18-8-4-5-9-19(18)37-27(21)36)38-26-22(20)25-33-24(34-35(25)14-32-26)16-6-2-1-3-7-16/h1-14,20H. The normalized spacial score (nSPS) is 14.8. The van der Waals surface area contributed by atoms with Crippen LogP contribution in [0.5, 0.6) is 11.6 Å². The number of para-hydroxylation sites is 1. The van der Waals surface area contributed by atoms with Gasteiger partial charge < -0.3 is 9.15 Å². The molecule has 1 atom stereocenters. The van der Waals surface area contributed by atoms with Crippen molar-refractivity contribution < 1.29 is 22.3 Å². The Bertz CT molecular complexity index is 1910. The van der Waals surface area contributed by atoms with Crippen molar-refractivity contribution in [1.82, 2.24) is 19.6 Å². The van der Waals surface area contributed by atoms with Gasteiger partial charge in [-0.25, -0.2) is 19.3 Å². The van der Waals surface area contributed by atoms with Crippen LogP contribution in [0.3, 0.4) is 0 Å². The maximum absolute atomic E-state index is 13.4. The molecule has 4 heterocycles. The molecule has 0 fully saturated rings. The second-order valence-electron chi connectivity index (χ2n) is 8.82. The highest BCUT2D eigenvalue weighted by molar-refractivity contribution is 5.87. The SMILES string of the molecule is O=c1oc2ccccc2c2c1C(c1ccc(C(F)(F)F)cc1)c1c(ncn3nc(-c4ccccc4)nc13)O2. The first-order valence-corrected chi connectivity index (χ1v) is 11.6. The van der Waals surface area contributed by atoms with Crippen molar-refractivity contribution in [1.29, 1.82) is 0 Å². The summed E-state index contributed by atoms with van der Waals surface area (Å²) in [6.45, 7) is 0. The Hall–Kier alpha value is -4.99. The van der Waals surface area contributed by atoms with Gasteiger partial charge in [-0.3, -0.25) is 0 Å². The van der Waals surface area contributed by atoms with E-state index >= 15 is 0 Å². The van der Waals surface area contributed by atoms with Gasteiger partial charge in [0.25, 0.3) is 0 Å². The lowest BCUT2D eigenvalue weighted by Gasteiger charge is -2.27. The number of fused-ring (bicyclic) bond motifs is 6. The third-order valence-electron chi connectivity index (χ3n) is 6.57. The van der Waals surface area contributed by atoms with E-state index < -0.39 is 23.3 Å². The van der Waals surface area contributed by atoms with Gasteiger partial charge >= 0.3 is 11.8 Å². The van der Waals surface area contributed by atoms with Crippen molar-refractivity contribution >= 4 is 16.6 Å². The van der Waals surface area contributed by atoms with Crippen LogP contribution in [0.15, 0.2) is 94.4 Å². The zero-order valence-corrected chi connectivity index (χ0v) is 19.3. The molecule has 7 rings (SSSR count). The van der Waals surface area contributed by atoms with Gasteiger partial charge in [0.2, 0.25) is 5.88 Å². The Morgan fingerprint density at radius 1 is 0.868 bits per heavy atom. The summed E-state index contributed by atoms with van der Waals surface area (Å²) in [7, 11) is 0. The zero-order valence-electron chi connectivity index (χ0n) is 19.3. The van der Waals surface area contributed by atoms with Crippen molar-refractivity contribution in [2.75, 3.05) is 0 Å². The summed E-state index contributed by atoms with van der Waals surface area (Å²) in [6, 6.07) is 20.9. The van der Waals surface area contributed by atoms with E-state index in [1.165, 1.54) is 23.0 Å². The van der Waals surface area contributed by atoms with Gasteiger partial charge in [-0.2, -0.15) is 13.2 Å². The molecule has 0 spiro atoms. The molecule has 0 saturated carbocycles. The molecule has 0 N–H and O–H groups in total. The number of hydrogen-bond acceptors (Lipinski definition) is 6. The summed E-state index contributed by atoms with van der Waals surface area (Å²) >= 11 is 0. The fourth-order valence-corrected chi connectivity index (χ4v) is 4.84. The summed E-state index contributed by atoms with van der Waals surface area (Å²) in [6.07, 6.45) is -3.05. The van der Waals surface area contributed by atoms with Gasteiger partial charge in [0.05, 0.1) is 28.0 Å². The average Bonchev–Trinajstić information content (AvgIpc) is 3.37. The number of aromatic nitrogens is 4. The number of rotatable bonds is 2. The van der Waals surface area contributed by atoms with Gasteiger partial charge in [-0.05, 0) is 29.8 Å². The summed E-state index contributed by atoms with van der Waals surface area (Å²) in [5, 5.41) is 5.07. The van der Waals surface area contributed by atoms with E-state index in [4.69, 9.17) is 14.1 Å². The van der Waals surface area contributed by atoms with Gasteiger partial charge in [-0.1, -0.05) is 54.6 Å². The van der Waals surface area contributed by atoms with Crippen molar-refractivity contribution in [3.8, 4) is 23.0 Å². The molecule has 0 saturated heterocycles. The molecule has 6 aromatic rings. The number of benzene rings is 3. The van der Waals surface area contributed by atoms with Crippen LogP contribution in [0.1, 0.15) is 28.2 Å². The molecule has 186 valence electrons. The van der Waals surface area contributed by atoms with Crippen molar-refractivity contribution in [2.45, 2.75) is 12.1 Å². The minimum atomic E-state index is -4.51.